The number of para-hydroxylation sites is 1. The smallest absolute Gasteiger partial charge is 0.355 e. The lowest BCUT2D eigenvalue weighted by Gasteiger charge is -2.32. The fraction of sp³-hybridized carbons (Fsp3) is 0.400. The molecule has 10 nitrogen and oxygen atoms in total. The van der Waals surface area contributed by atoms with Crippen LogP contribution in [0.25, 0.3) is 5.65 Å². The number of nitrogens with one attached hydrogen (secondary N) is 1. The van der Waals surface area contributed by atoms with Gasteiger partial charge in [0.2, 0.25) is 15.9 Å². The number of rotatable bonds is 5. The topological polar surface area (TPSA) is 113 Å². The molecule has 1 fully saturated rings. The average molecular weight is 498 g/mol. The zero-order valence-electron chi connectivity index (χ0n) is 18.3. The van der Waals surface area contributed by atoms with Crippen LogP contribution in [-0.2, 0) is 21.0 Å². The van der Waals surface area contributed by atoms with Crippen LogP contribution >= 0.6 is 0 Å². The zero-order chi connectivity index (χ0) is 24.7. The summed E-state index contributed by atoms with van der Waals surface area (Å²) in [5, 5.41) is 13.4. The second-order valence-electron chi connectivity index (χ2n) is 8.02. The molecule has 1 N–H and O–H groups in total. The minimum atomic E-state index is -4.69. The van der Waals surface area contributed by atoms with E-state index in [-0.39, 0.29) is 22.1 Å². The number of piperidine rings is 1. The third kappa shape index (κ3) is 4.55. The van der Waals surface area contributed by atoms with Crippen molar-refractivity contribution in [3.8, 4) is 0 Å². The molecule has 14 heteroatoms. The Balaban J connectivity index is 1.46. The van der Waals surface area contributed by atoms with Gasteiger partial charge in [-0.25, -0.2) is 12.7 Å². The summed E-state index contributed by atoms with van der Waals surface area (Å²) >= 11 is 0. The molecule has 2 aromatic heterocycles. The summed E-state index contributed by atoms with van der Waals surface area (Å²) in [6, 6.07) is 9.14. The molecule has 1 aliphatic rings. The second kappa shape index (κ2) is 8.83. The van der Waals surface area contributed by atoms with Crippen LogP contribution < -0.4 is 10.2 Å². The number of benzene rings is 1. The molecule has 1 aromatic carbocycles. The summed E-state index contributed by atoms with van der Waals surface area (Å²) in [4.78, 5) is 14.6. The van der Waals surface area contributed by atoms with Crippen molar-refractivity contribution >= 4 is 33.1 Å². The third-order valence-corrected chi connectivity index (χ3v) is 7.47. The summed E-state index contributed by atoms with van der Waals surface area (Å²) in [6.45, 7) is 0.773. The van der Waals surface area contributed by atoms with E-state index >= 15 is 0 Å². The largest absolute Gasteiger partial charge is 0.453 e. The summed E-state index contributed by atoms with van der Waals surface area (Å²) in [7, 11) is -0.928. The Morgan fingerprint density at radius 3 is 2.41 bits per heavy atom. The van der Waals surface area contributed by atoms with Gasteiger partial charge >= 0.3 is 6.18 Å². The summed E-state index contributed by atoms with van der Waals surface area (Å²) in [6.07, 6.45) is -3.85. The lowest BCUT2D eigenvalue weighted by atomic mass is 9.96. The standard InChI is InChI=1S/C20H22F3N7O3S/c1-28(2)34(32,33)15-6-4-3-5-14(15)24-18(31)13-9-11-29(12-10-13)17-8-7-16-25-26-19(20(21,22)23)30(16)27-17/h3-8,13H,9-12H2,1-2H3,(H,24,31). The van der Waals surface area contributed by atoms with E-state index in [0.29, 0.717) is 36.3 Å². The van der Waals surface area contributed by atoms with Gasteiger partial charge in [0.25, 0.3) is 5.82 Å². The van der Waals surface area contributed by atoms with Gasteiger partial charge in [-0.3, -0.25) is 4.79 Å². The van der Waals surface area contributed by atoms with E-state index in [0.717, 1.165) is 4.31 Å². The molecule has 0 radical (unpaired) electrons. The van der Waals surface area contributed by atoms with Crippen molar-refractivity contribution in [2.24, 2.45) is 5.92 Å². The molecule has 3 heterocycles. The predicted molar refractivity (Wildman–Crippen MR) is 117 cm³/mol. The highest BCUT2D eigenvalue weighted by Gasteiger charge is 2.38. The fourth-order valence-corrected chi connectivity index (χ4v) is 4.76. The molecule has 3 aromatic rings. The van der Waals surface area contributed by atoms with Crippen LogP contribution in [0.1, 0.15) is 18.7 Å². The Hall–Kier alpha value is -3.26. The van der Waals surface area contributed by atoms with Crippen molar-refractivity contribution in [1.29, 1.82) is 0 Å². The number of nitrogens with zero attached hydrogens (tertiary/aromatic N) is 6. The Morgan fingerprint density at radius 1 is 1.09 bits per heavy atom. The average Bonchev–Trinajstić information content (AvgIpc) is 3.23. The molecule has 0 unspecified atom stereocenters. The highest BCUT2D eigenvalue weighted by atomic mass is 32.2. The fourth-order valence-electron chi connectivity index (χ4n) is 3.72. The second-order valence-corrected chi connectivity index (χ2v) is 10.1. The minimum Gasteiger partial charge on any atom is -0.355 e. The Bertz CT molecular complexity index is 1320. The van der Waals surface area contributed by atoms with Crippen LogP contribution in [0.3, 0.4) is 0 Å². The predicted octanol–water partition coefficient (Wildman–Crippen LogP) is 2.25. The van der Waals surface area contributed by atoms with Crippen LogP contribution in [0.5, 0.6) is 0 Å². The maximum absolute atomic E-state index is 13.1. The number of carbonyl (C=O) groups is 1. The van der Waals surface area contributed by atoms with Gasteiger partial charge in [-0.15, -0.1) is 15.3 Å². The van der Waals surface area contributed by atoms with Crippen molar-refractivity contribution in [3.63, 3.8) is 0 Å². The molecule has 1 amide bonds. The van der Waals surface area contributed by atoms with Gasteiger partial charge in [0.15, 0.2) is 5.65 Å². The number of sulfonamides is 1. The first-order valence-electron chi connectivity index (χ1n) is 10.4. The molecule has 0 spiro atoms. The van der Waals surface area contributed by atoms with Crippen molar-refractivity contribution in [3.05, 3.63) is 42.2 Å². The number of amides is 1. The first-order chi connectivity index (χ1) is 16.0. The lowest BCUT2D eigenvalue weighted by molar-refractivity contribution is -0.146. The van der Waals surface area contributed by atoms with E-state index in [2.05, 4.69) is 20.6 Å². The molecule has 0 saturated carbocycles. The van der Waals surface area contributed by atoms with Crippen LogP contribution in [0.2, 0.25) is 0 Å². The number of hydrogen-bond donors (Lipinski definition) is 1. The number of carbonyl (C=O) groups excluding carboxylic acids is 1. The lowest BCUT2D eigenvalue weighted by Crippen LogP contribution is -2.39. The van der Waals surface area contributed by atoms with Crippen molar-refractivity contribution in [2.75, 3.05) is 37.4 Å². The number of aromatic nitrogens is 4. The van der Waals surface area contributed by atoms with Crippen LogP contribution in [0.4, 0.5) is 24.7 Å². The van der Waals surface area contributed by atoms with Crippen LogP contribution in [0, 0.1) is 5.92 Å². The van der Waals surface area contributed by atoms with E-state index in [4.69, 9.17) is 0 Å². The van der Waals surface area contributed by atoms with E-state index in [1.807, 2.05) is 0 Å². The van der Waals surface area contributed by atoms with Crippen LogP contribution in [0.15, 0.2) is 41.3 Å². The Kier molecular flexibility index (Phi) is 6.20. The summed E-state index contributed by atoms with van der Waals surface area (Å²) < 4.78 is 66.2. The summed E-state index contributed by atoms with van der Waals surface area (Å²) in [5.41, 5.74) is 0.180. The van der Waals surface area contributed by atoms with Gasteiger partial charge in [-0.05, 0) is 37.1 Å². The molecule has 0 atom stereocenters. The first-order valence-corrected chi connectivity index (χ1v) is 11.8. The van der Waals surface area contributed by atoms with Gasteiger partial charge in [0, 0.05) is 33.1 Å². The van der Waals surface area contributed by atoms with E-state index < -0.39 is 27.9 Å². The molecule has 4 rings (SSSR count). The number of alkyl halides is 3. The Morgan fingerprint density at radius 2 is 1.76 bits per heavy atom. The molecule has 182 valence electrons. The van der Waals surface area contributed by atoms with Crippen molar-refractivity contribution in [2.45, 2.75) is 23.9 Å². The quantitative estimate of drug-likeness (QED) is 0.575. The van der Waals surface area contributed by atoms with E-state index in [1.54, 1.807) is 23.1 Å². The van der Waals surface area contributed by atoms with Crippen LogP contribution in [-0.4, -0.2) is 65.6 Å². The zero-order valence-corrected chi connectivity index (χ0v) is 19.1. The van der Waals surface area contributed by atoms with E-state index in [1.165, 1.54) is 32.3 Å². The van der Waals surface area contributed by atoms with Gasteiger partial charge in [0.1, 0.15) is 10.7 Å². The third-order valence-electron chi connectivity index (χ3n) is 5.60. The van der Waals surface area contributed by atoms with Crippen molar-refractivity contribution in [1.82, 2.24) is 24.1 Å². The molecule has 1 saturated heterocycles. The number of fused-ring (bicyclic) bond motifs is 1. The summed E-state index contributed by atoms with van der Waals surface area (Å²) in [5.74, 6) is -1.59. The molecular weight excluding hydrogens is 475 g/mol. The molecule has 0 bridgehead atoms. The number of halogens is 3. The highest BCUT2D eigenvalue weighted by Crippen LogP contribution is 2.29. The van der Waals surface area contributed by atoms with Crippen molar-refractivity contribution < 1.29 is 26.4 Å². The number of anilines is 2. The monoisotopic (exact) mass is 497 g/mol. The molecule has 0 aliphatic carbocycles. The number of hydrogen-bond acceptors (Lipinski definition) is 7. The highest BCUT2D eigenvalue weighted by molar-refractivity contribution is 7.89. The molecule has 34 heavy (non-hydrogen) atoms. The maximum Gasteiger partial charge on any atom is 0.453 e. The Labute approximate surface area is 193 Å². The molecule has 1 aliphatic heterocycles. The van der Waals surface area contributed by atoms with E-state index in [9.17, 15) is 26.4 Å². The first kappa shape index (κ1) is 23.9. The van der Waals surface area contributed by atoms with Gasteiger partial charge in [-0.2, -0.15) is 17.7 Å². The SMILES string of the molecule is CN(C)S(=O)(=O)c1ccccc1NC(=O)C1CCN(c2ccc3nnc(C(F)(F)F)n3n2)CC1. The van der Waals surface area contributed by atoms with Gasteiger partial charge in [0.05, 0.1) is 5.69 Å². The normalized spacial score (nSPS) is 15.8. The maximum atomic E-state index is 13.1. The van der Waals surface area contributed by atoms with Gasteiger partial charge < -0.3 is 10.2 Å². The minimum absolute atomic E-state index is 0.00213. The molecular formula is C20H22F3N7O3S. The van der Waals surface area contributed by atoms with Gasteiger partial charge in [-0.1, -0.05) is 12.1 Å².